The van der Waals surface area contributed by atoms with Gasteiger partial charge < -0.3 is 15.1 Å². The molecule has 34 heavy (non-hydrogen) atoms. The molecule has 186 valence electrons. The highest BCUT2D eigenvalue weighted by atomic mass is 19.1. The van der Waals surface area contributed by atoms with Crippen LogP contribution in [0.2, 0.25) is 0 Å². The zero-order valence-electron chi connectivity index (χ0n) is 20.8. The van der Waals surface area contributed by atoms with Gasteiger partial charge in [-0.15, -0.1) is 0 Å². The first kappa shape index (κ1) is 23.6. The Hall–Kier alpha value is -2.11. The van der Waals surface area contributed by atoms with Crippen LogP contribution in [0.5, 0.6) is 0 Å². The van der Waals surface area contributed by atoms with Gasteiger partial charge in [-0.25, -0.2) is 4.39 Å². The summed E-state index contributed by atoms with van der Waals surface area (Å²) >= 11 is 0. The van der Waals surface area contributed by atoms with Crippen LogP contribution >= 0.6 is 0 Å². The summed E-state index contributed by atoms with van der Waals surface area (Å²) in [4.78, 5) is 29.6. The molecule has 1 saturated heterocycles. The Labute approximate surface area is 203 Å². The molecule has 2 atom stereocenters. The minimum atomic E-state index is -0.218. The van der Waals surface area contributed by atoms with E-state index in [1.54, 1.807) is 12.1 Å². The quantitative estimate of drug-likeness (QED) is 0.634. The summed E-state index contributed by atoms with van der Waals surface area (Å²) in [5, 5.41) is 3.34. The largest absolute Gasteiger partial charge is 0.366 e. The van der Waals surface area contributed by atoms with Crippen molar-refractivity contribution in [2.45, 2.75) is 71.3 Å². The van der Waals surface area contributed by atoms with Gasteiger partial charge in [0.1, 0.15) is 5.82 Å². The van der Waals surface area contributed by atoms with Gasteiger partial charge in [0.2, 0.25) is 11.8 Å². The lowest BCUT2D eigenvalue weighted by atomic mass is 9.48. The molecule has 5 nitrogen and oxygen atoms in total. The molecular formula is C28H40FN3O2. The van der Waals surface area contributed by atoms with Gasteiger partial charge in [-0.05, 0) is 86.7 Å². The third-order valence-electron chi connectivity index (χ3n) is 9.26. The summed E-state index contributed by atoms with van der Waals surface area (Å²) in [7, 11) is 0. The number of nitrogens with zero attached hydrogens (tertiary/aromatic N) is 2. The fraction of sp³-hybridized carbons (Fsp3) is 0.714. The summed E-state index contributed by atoms with van der Waals surface area (Å²) < 4.78 is 14.1. The van der Waals surface area contributed by atoms with Crippen LogP contribution in [0.3, 0.4) is 0 Å². The van der Waals surface area contributed by atoms with E-state index in [1.165, 1.54) is 44.6 Å². The van der Waals surface area contributed by atoms with E-state index in [4.69, 9.17) is 0 Å². The van der Waals surface area contributed by atoms with E-state index in [-0.39, 0.29) is 29.6 Å². The highest BCUT2D eigenvalue weighted by Crippen LogP contribution is 2.61. The topological polar surface area (TPSA) is 52.7 Å². The predicted octanol–water partition coefficient (Wildman–Crippen LogP) is 4.61. The second kappa shape index (κ2) is 9.50. The number of para-hydroxylation sites is 1. The van der Waals surface area contributed by atoms with Crippen molar-refractivity contribution in [2.75, 3.05) is 31.1 Å². The van der Waals surface area contributed by atoms with Crippen molar-refractivity contribution in [3.05, 3.63) is 30.1 Å². The van der Waals surface area contributed by atoms with E-state index in [0.717, 1.165) is 17.8 Å². The number of nitrogens with one attached hydrogen (secondary N) is 1. The van der Waals surface area contributed by atoms with Gasteiger partial charge in [-0.3, -0.25) is 9.59 Å². The Morgan fingerprint density at radius 2 is 1.56 bits per heavy atom. The number of halogens is 1. The molecule has 6 heteroatoms. The first-order valence-electron chi connectivity index (χ1n) is 13.4. The third-order valence-corrected chi connectivity index (χ3v) is 9.26. The molecule has 1 N–H and O–H groups in total. The van der Waals surface area contributed by atoms with Crippen molar-refractivity contribution in [1.29, 1.82) is 0 Å². The second-order valence-electron chi connectivity index (χ2n) is 11.9. The molecule has 0 aromatic heterocycles. The molecule has 4 saturated carbocycles. The van der Waals surface area contributed by atoms with Crippen molar-refractivity contribution >= 4 is 17.5 Å². The lowest BCUT2D eigenvalue weighted by Crippen LogP contribution is -2.56. The van der Waals surface area contributed by atoms with Gasteiger partial charge in [0.15, 0.2) is 0 Å². The fourth-order valence-corrected chi connectivity index (χ4v) is 7.88. The number of amides is 2. The second-order valence-corrected chi connectivity index (χ2v) is 11.9. The number of anilines is 1. The van der Waals surface area contributed by atoms with Crippen LogP contribution in [0.1, 0.15) is 65.2 Å². The lowest BCUT2D eigenvalue weighted by Gasteiger charge is -2.59. The Morgan fingerprint density at radius 3 is 2.15 bits per heavy atom. The summed E-state index contributed by atoms with van der Waals surface area (Å²) in [6.07, 6.45) is 8.87. The van der Waals surface area contributed by atoms with E-state index in [2.05, 4.69) is 12.2 Å². The molecule has 1 aliphatic heterocycles. The number of carbonyl (C=O) groups is 2. The van der Waals surface area contributed by atoms with E-state index in [1.807, 2.05) is 22.8 Å². The highest BCUT2D eigenvalue weighted by molar-refractivity contribution is 5.80. The van der Waals surface area contributed by atoms with Crippen molar-refractivity contribution < 1.29 is 14.0 Å². The molecule has 5 aliphatic rings. The number of rotatable bonds is 7. The number of benzene rings is 1. The first-order valence-corrected chi connectivity index (χ1v) is 13.4. The zero-order valence-corrected chi connectivity index (χ0v) is 20.8. The van der Waals surface area contributed by atoms with Crippen molar-refractivity contribution in [2.24, 2.45) is 29.1 Å². The summed E-state index contributed by atoms with van der Waals surface area (Å²) in [5.74, 6) is 2.61. The molecular weight excluding hydrogens is 429 g/mol. The number of hydrogen-bond acceptors (Lipinski definition) is 3. The van der Waals surface area contributed by atoms with E-state index in [9.17, 15) is 14.0 Å². The van der Waals surface area contributed by atoms with Crippen LogP contribution in [0.25, 0.3) is 0 Å². The molecule has 1 aromatic rings. The average Bonchev–Trinajstić information content (AvgIpc) is 2.78. The van der Waals surface area contributed by atoms with Crippen LogP contribution in [-0.2, 0) is 9.59 Å². The standard InChI is InChI=1S/C28H40FN3O2/c1-19(12-27(34)32-9-7-31(8-10-32)25-6-4-3-5-24(25)29)11-26(33)30-20(2)28-16-21-13-22(17-28)15-23(14-21)18-28/h3-6,19-23H,7-18H2,1-2H3,(H,30,33)/t19-,20+,21?,22?,23?,28?/m1/s1. The number of carbonyl (C=O) groups excluding carboxylic acids is 2. The number of hydrogen-bond donors (Lipinski definition) is 1. The minimum Gasteiger partial charge on any atom is -0.366 e. The molecule has 0 radical (unpaired) electrons. The SMILES string of the molecule is C[C@H](CC(=O)N[C@@H](C)C12CC3CC(CC(C3)C1)C2)CC(=O)N1CCN(c2ccccc2F)CC1. The van der Waals surface area contributed by atoms with Gasteiger partial charge >= 0.3 is 0 Å². The van der Waals surface area contributed by atoms with Gasteiger partial charge in [0.05, 0.1) is 5.69 Å². The summed E-state index contributed by atoms with van der Waals surface area (Å²) in [6.45, 7) is 6.66. The maximum absolute atomic E-state index is 14.1. The Kier molecular flexibility index (Phi) is 6.60. The van der Waals surface area contributed by atoms with Crippen LogP contribution in [-0.4, -0.2) is 48.9 Å². The predicted molar refractivity (Wildman–Crippen MR) is 132 cm³/mol. The van der Waals surface area contributed by atoms with E-state index in [0.29, 0.717) is 50.1 Å². The van der Waals surface area contributed by atoms with Crippen LogP contribution in [0.15, 0.2) is 24.3 Å². The summed E-state index contributed by atoms with van der Waals surface area (Å²) in [6, 6.07) is 7.02. The molecule has 5 fully saturated rings. The van der Waals surface area contributed by atoms with Crippen molar-refractivity contribution in [3.8, 4) is 0 Å². The zero-order chi connectivity index (χ0) is 23.9. The molecule has 2 amide bonds. The molecule has 0 spiro atoms. The Balaban J connectivity index is 1.07. The van der Waals surface area contributed by atoms with Crippen LogP contribution in [0.4, 0.5) is 10.1 Å². The third kappa shape index (κ3) is 4.83. The highest BCUT2D eigenvalue weighted by Gasteiger charge is 2.53. The lowest BCUT2D eigenvalue weighted by molar-refractivity contribution is -0.133. The average molecular weight is 470 g/mol. The Morgan fingerprint density at radius 1 is 0.971 bits per heavy atom. The molecule has 1 aromatic carbocycles. The van der Waals surface area contributed by atoms with Gasteiger partial charge in [-0.2, -0.15) is 0 Å². The monoisotopic (exact) mass is 469 g/mol. The number of piperazine rings is 1. The first-order chi connectivity index (χ1) is 16.3. The summed E-state index contributed by atoms with van der Waals surface area (Å²) in [5.41, 5.74) is 0.911. The molecule has 1 heterocycles. The maximum atomic E-state index is 14.1. The molecule has 4 bridgehead atoms. The van der Waals surface area contributed by atoms with Crippen LogP contribution in [0, 0.1) is 34.9 Å². The van der Waals surface area contributed by atoms with Gasteiger partial charge in [-0.1, -0.05) is 19.1 Å². The van der Waals surface area contributed by atoms with Crippen molar-refractivity contribution in [1.82, 2.24) is 10.2 Å². The Bertz CT molecular complexity index is 875. The fourth-order valence-electron chi connectivity index (χ4n) is 7.88. The van der Waals surface area contributed by atoms with Crippen LogP contribution < -0.4 is 10.2 Å². The normalized spacial score (nSPS) is 31.9. The minimum absolute atomic E-state index is 0.0145. The van der Waals surface area contributed by atoms with E-state index < -0.39 is 0 Å². The molecule has 6 rings (SSSR count). The smallest absolute Gasteiger partial charge is 0.222 e. The molecule has 0 unspecified atom stereocenters. The van der Waals surface area contributed by atoms with Gasteiger partial charge in [0.25, 0.3) is 0 Å². The molecule has 4 aliphatic carbocycles. The maximum Gasteiger partial charge on any atom is 0.222 e. The van der Waals surface area contributed by atoms with Gasteiger partial charge in [0, 0.05) is 45.1 Å². The van der Waals surface area contributed by atoms with E-state index >= 15 is 0 Å². The van der Waals surface area contributed by atoms with Crippen molar-refractivity contribution in [3.63, 3.8) is 0 Å².